The molecule has 2 unspecified atom stereocenters. The standard InChI is InChI=1S/C13H14BrNO4/c1-7-2-5-11(19-7)12(16)15-10-4-3-8(13(17)18)6-9(10)14/h3-4,6-7,11H,2,5H2,1H3,(H,15,16)(H,17,18). The molecule has 1 amide bonds. The van der Waals surface area contributed by atoms with E-state index in [1.165, 1.54) is 12.1 Å². The number of hydrogen-bond donors (Lipinski definition) is 2. The molecule has 1 aromatic rings. The van der Waals surface area contributed by atoms with E-state index in [0.29, 0.717) is 16.6 Å². The minimum atomic E-state index is -1.01. The number of carboxylic acids is 1. The Kier molecular flexibility index (Phi) is 4.21. The zero-order valence-electron chi connectivity index (χ0n) is 10.4. The fraction of sp³-hybridized carbons (Fsp3) is 0.385. The number of aromatic carboxylic acids is 1. The van der Waals surface area contributed by atoms with Crippen molar-refractivity contribution in [3.05, 3.63) is 28.2 Å². The van der Waals surface area contributed by atoms with Crippen molar-refractivity contribution in [1.29, 1.82) is 0 Å². The molecule has 0 bridgehead atoms. The molecule has 2 atom stereocenters. The summed E-state index contributed by atoms with van der Waals surface area (Å²) >= 11 is 3.25. The SMILES string of the molecule is CC1CCC(C(=O)Nc2ccc(C(=O)O)cc2Br)O1. The van der Waals surface area contributed by atoms with E-state index >= 15 is 0 Å². The smallest absolute Gasteiger partial charge is 0.335 e. The summed E-state index contributed by atoms with van der Waals surface area (Å²) in [5.41, 5.74) is 0.703. The number of amides is 1. The molecular weight excluding hydrogens is 314 g/mol. The molecule has 1 aliphatic heterocycles. The maximum absolute atomic E-state index is 12.0. The number of carboxylic acid groups (broad SMARTS) is 1. The Labute approximate surface area is 119 Å². The summed E-state index contributed by atoms with van der Waals surface area (Å²) in [5, 5.41) is 11.6. The topological polar surface area (TPSA) is 75.6 Å². The van der Waals surface area contributed by atoms with E-state index in [1.54, 1.807) is 6.07 Å². The lowest BCUT2D eigenvalue weighted by molar-refractivity contribution is -0.126. The Hall–Kier alpha value is -1.40. The zero-order valence-corrected chi connectivity index (χ0v) is 11.9. The fourth-order valence-corrected chi connectivity index (χ4v) is 2.44. The number of hydrogen-bond acceptors (Lipinski definition) is 3. The number of carbonyl (C=O) groups excluding carboxylic acids is 1. The number of rotatable bonds is 3. The normalized spacial score (nSPS) is 22.2. The third-order valence-corrected chi connectivity index (χ3v) is 3.65. The van der Waals surface area contributed by atoms with Crippen LogP contribution in [-0.4, -0.2) is 29.2 Å². The second-order valence-corrected chi connectivity index (χ2v) is 5.36. The van der Waals surface area contributed by atoms with Crippen molar-refractivity contribution in [1.82, 2.24) is 0 Å². The van der Waals surface area contributed by atoms with Gasteiger partial charge < -0.3 is 15.2 Å². The molecular formula is C13H14BrNO4. The molecule has 1 saturated heterocycles. The maximum Gasteiger partial charge on any atom is 0.335 e. The van der Waals surface area contributed by atoms with Crippen molar-refractivity contribution in [2.45, 2.75) is 32.0 Å². The first-order valence-electron chi connectivity index (χ1n) is 5.96. The molecule has 0 spiro atoms. The number of carbonyl (C=O) groups is 2. The lowest BCUT2D eigenvalue weighted by Crippen LogP contribution is -2.27. The van der Waals surface area contributed by atoms with E-state index in [4.69, 9.17) is 9.84 Å². The third kappa shape index (κ3) is 3.33. The van der Waals surface area contributed by atoms with Crippen LogP contribution < -0.4 is 5.32 Å². The lowest BCUT2D eigenvalue weighted by Gasteiger charge is -2.13. The van der Waals surface area contributed by atoms with Crippen LogP contribution in [0.5, 0.6) is 0 Å². The molecule has 5 nitrogen and oxygen atoms in total. The summed E-state index contributed by atoms with van der Waals surface area (Å²) < 4.78 is 6.01. The average molecular weight is 328 g/mol. The van der Waals surface area contributed by atoms with Gasteiger partial charge in [0.25, 0.3) is 5.91 Å². The van der Waals surface area contributed by atoms with E-state index in [1.807, 2.05) is 6.92 Å². The highest BCUT2D eigenvalue weighted by Crippen LogP contribution is 2.26. The molecule has 1 heterocycles. The number of benzene rings is 1. The molecule has 2 N–H and O–H groups in total. The highest BCUT2D eigenvalue weighted by Gasteiger charge is 2.28. The highest BCUT2D eigenvalue weighted by atomic mass is 79.9. The minimum Gasteiger partial charge on any atom is -0.478 e. The van der Waals surface area contributed by atoms with Crippen molar-refractivity contribution in [3.63, 3.8) is 0 Å². The summed E-state index contributed by atoms with van der Waals surface area (Å²) in [4.78, 5) is 22.8. The molecule has 0 saturated carbocycles. The van der Waals surface area contributed by atoms with Gasteiger partial charge in [-0.2, -0.15) is 0 Å². The molecule has 1 fully saturated rings. The largest absolute Gasteiger partial charge is 0.478 e. The predicted molar refractivity (Wildman–Crippen MR) is 73.3 cm³/mol. The van der Waals surface area contributed by atoms with Crippen LogP contribution in [0.3, 0.4) is 0 Å². The monoisotopic (exact) mass is 327 g/mol. The first-order chi connectivity index (χ1) is 8.97. The second kappa shape index (κ2) is 5.71. The summed E-state index contributed by atoms with van der Waals surface area (Å²) in [6.07, 6.45) is 1.25. The number of halogens is 1. The van der Waals surface area contributed by atoms with Crippen LogP contribution in [0.4, 0.5) is 5.69 Å². The van der Waals surface area contributed by atoms with Crippen LogP contribution in [0.15, 0.2) is 22.7 Å². The summed E-state index contributed by atoms with van der Waals surface area (Å²) in [6, 6.07) is 4.46. The van der Waals surface area contributed by atoms with Gasteiger partial charge in [-0.3, -0.25) is 4.79 Å². The van der Waals surface area contributed by atoms with E-state index in [-0.39, 0.29) is 17.6 Å². The first kappa shape index (κ1) is 14.0. The molecule has 0 radical (unpaired) electrons. The van der Waals surface area contributed by atoms with E-state index in [2.05, 4.69) is 21.2 Å². The quantitative estimate of drug-likeness (QED) is 0.894. The molecule has 1 aromatic carbocycles. The summed E-state index contributed by atoms with van der Waals surface area (Å²) in [6.45, 7) is 1.94. The van der Waals surface area contributed by atoms with Crippen LogP contribution in [-0.2, 0) is 9.53 Å². The highest BCUT2D eigenvalue weighted by molar-refractivity contribution is 9.10. The Morgan fingerprint density at radius 1 is 1.42 bits per heavy atom. The van der Waals surface area contributed by atoms with Crippen LogP contribution in [0.25, 0.3) is 0 Å². The molecule has 0 aliphatic carbocycles. The van der Waals surface area contributed by atoms with Gasteiger partial charge >= 0.3 is 5.97 Å². The Bertz CT molecular complexity index is 517. The zero-order chi connectivity index (χ0) is 14.0. The van der Waals surface area contributed by atoms with Crippen molar-refractivity contribution in [3.8, 4) is 0 Å². The van der Waals surface area contributed by atoms with Crippen molar-refractivity contribution in [2.24, 2.45) is 0 Å². The van der Waals surface area contributed by atoms with Gasteiger partial charge in [-0.05, 0) is 53.9 Å². The third-order valence-electron chi connectivity index (χ3n) is 3.00. The van der Waals surface area contributed by atoms with Crippen LogP contribution in [0, 0.1) is 0 Å². The molecule has 0 aromatic heterocycles. The van der Waals surface area contributed by atoms with E-state index in [9.17, 15) is 9.59 Å². The second-order valence-electron chi connectivity index (χ2n) is 4.50. The van der Waals surface area contributed by atoms with Crippen molar-refractivity contribution in [2.75, 3.05) is 5.32 Å². The lowest BCUT2D eigenvalue weighted by atomic mass is 10.2. The molecule has 1 aliphatic rings. The van der Waals surface area contributed by atoms with Gasteiger partial charge in [0, 0.05) is 4.47 Å². The van der Waals surface area contributed by atoms with Gasteiger partial charge in [0.05, 0.1) is 17.4 Å². The Morgan fingerprint density at radius 3 is 2.68 bits per heavy atom. The maximum atomic E-state index is 12.0. The fourth-order valence-electron chi connectivity index (χ4n) is 1.96. The van der Waals surface area contributed by atoms with Crippen molar-refractivity contribution >= 4 is 33.5 Å². The predicted octanol–water partition coefficient (Wildman–Crippen LogP) is 2.65. The molecule has 6 heteroatoms. The van der Waals surface area contributed by atoms with Gasteiger partial charge in [0.15, 0.2) is 0 Å². The Morgan fingerprint density at radius 2 is 2.16 bits per heavy atom. The molecule has 19 heavy (non-hydrogen) atoms. The summed E-state index contributed by atoms with van der Waals surface area (Å²) in [7, 11) is 0. The van der Waals surface area contributed by atoms with Gasteiger partial charge in [0.1, 0.15) is 6.10 Å². The van der Waals surface area contributed by atoms with Gasteiger partial charge in [-0.25, -0.2) is 4.79 Å². The Balaban J connectivity index is 2.07. The van der Waals surface area contributed by atoms with Crippen LogP contribution in [0.1, 0.15) is 30.1 Å². The first-order valence-corrected chi connectivity index (χ1v) is 6.76. The van der Waals surface area contributed by atoms with E-state index in [0.717, 1.165) is 6.42 Å². The number of ether oxygens (including phenoxy) is 1. The summed E-state index contributed by atoms with van der Waals surface area (Å²) in [5.74, 6) is -1.21. The van der Waals surface area contributed by atoms with Gasteiger partial charge in [0.2, 0.25) is 0 Å². The molecule has 2 rings (SSSR count). The van der Waals surface area contributed by atoms with Gasteiger partial charge in [-0.1, -0.05) is 0 Å². The van der Waals surface area contributed by atoms with Gasteiger partial charge in [-0.15, -0.1) is 0 Å². The number of nitrogens with one attached hydrogen (secondary N) is 1. The van der Waals surface area contributed by atoms with Crippen LogP contribution in [0.2, 0.25) is 0 Å². The van der Waals surface area contributed by atoms with Crippen LogP contribution >= 0.6 is 15.9 Å². The minimum absolute atomic E-state index is 0.105. The van der Waals surface area contributed by atoms with Crippen molar-refractivity contribution < 1.29 is 19.4 Å². The van der Waals surface area contributed by atoms with E-state index < -0.39 is 12.1 Å². The average Bonchev–Trinajstić information content (AvgIpc) is 2.78. The number of anilines is 1. The molecule has 102 valence electrons.